The molecule has 0 saturated heterocycles. The van der Waals surface area contributed by atoms with Crippen LogP contribution < -0.4 is 10.9 Å². The fourth-order valence-electron chi connectivity index (χ4n) is 3.05. The topological polar surface area (TPSA) is 86.1 Å². The Labute approximate surface area is 180 Å². The molecule has 0 bridgehead atoms. The normalized spacial score (nSPS) is 10.9. The van der Waals surface area contributed by atoms with E-state index < -0.39 is 6.09 Å². The number of hydrogen-bond donors (Lipinski definition) is 1. The molecule has 0 atom stereocenters. The van der Waals surface area contributed by atoms with E-state index in [0.29, 0.717) is 43.1 Å². The second-order valence-corrected chi connectivity index (χ2v) is 7.79. The molecule has 1 amide bonds. The molecule has 9 heteroatoms. The van der Waals surface area contributed by atoms with Crippen LogP contribution in [0.3, 0.4) is 0 Å². The summed E-state index contributed by atoms with van der Waals surface area (Å²) in [6.07, 6.45) is -0.587. The van der Waals surface area contributed by atoms with Gasteiger partial charge in [0.15, 0.2) is 11.0 Å². The third-order valence-corrected chi connectivity index (χ3v) is 5.63. The van der Waals surface area contributed by atoms with Gasteiger partial charge in [-0.1, -0.05) is 41.1 Å². The van der Waals surface area contributed by atoms with E-state index in [2.05, 4.69) is 10.3 Å². The number of thiazole rings is 1. The minimum absolute atomic E-state index is 0.217. The van der Waals surface area contributed by atoms with Crippen LogP contribution >= 0.6 is 22.9 Å². The first-order chi connectivity index (χ1) is 14.5. The van der Waals surface area contributed by atoms with Gasteiger partial charge in [0.05, 0.1) is 33.8 Å². The average molecular weight is 441 g/mol. The number of ether oxygens (including phenoxy) is 1. The number of fused-ring (bicyclic) bond motifs is 1. The van der Waals surface area contributed by atoms with E-state index in [1.54, 1.807) is 56.3 Å². The maximum absolute atomic E-state index is 13.4. The van der Waals surface area contributed by atoms with Crippen LogP contribution in [-0.4, -0.2) is 27.2 Å². The van der Waals surface area contributed by atoms with Crippen molar-refractivity contribution in [2.24, 2.45) is 0 Å². The molecule has 152 valence electrons. The highest BCUT2D eigenvalue weighted by molar-refractivity contribution is 7.19. The lowest BCUT2D eigenvalue weighted by Gasteiger charge is -2.13. The zero-order valence-corrected chi connectivity index (χ0v) is 17.8. The summed E-state index contributed by atoms with van der Waals surface area (Å²) < 4.78 is 6.43. The lowest BCUT2D eigenvalue weighted by atomic mass is 10.2. The number of para-hydroxylation sites is 1. The van der Waals surface area contributed by atoms with E-state index in [4.69, 9.17) is 21.3 Å². The van der Waals surface area contributed by atoms with E-state index in [-0.39, 0.29) is 12.2 Å². The average Bonchev–Trinajstić information content (AvgIpc) is 3.07. The number of amides is 1. The van der Waals surface area contributed by atoms with Crippen molar-refractivity contribution in [3.05, 3.63) is 69.6 Å². The summed E-state index contributed by atoms with van der Waals surface area (Å²) in [6, 6.07) is 14.2. The number of aryl methyl sites for hydroxylation is 1. The number of carbonyl (C=O) groups excluding carboxylic acids is 1. The number of anilines is 1. The van der Waals surface area contributed by atoms with Crippen LogP contribution in [0.15, 0.2) is 53.3 Å². The maximum Gasteiger partial charge on any atom is 0.413 e. The van der Waals surface area contributed by atoms with E-state index in [1.807, 2.05) is 6.07 Å². The van der Waals surface area contributed by atoms with Crippen LogP contribution in [0.25, 0.3) is 27.3 Å². The van der Waals surface area contributed by atoms with Crippen LogP contribution in [0.4, 0.5) is 9.93 Å². The van der Waals surface area contributed by atoms with Crippen molar-refractivity contribution < 1.29 is 9.53 Å². The number of aromatic nitrogens is 3. The van der Waals surface area contributed by atoms with Crippen molar-refractivity contribution in [3.63, 3.8) is 0 Å². The monoisotopic (exact) mass is 440 g/mol. The van der Waals surface area contributed by atoms with Crippen LogP contribution in [0.2, 0.25) is 5.02 Å². The zero-order valence-electron chi connectivity index (χ0n) is 16.2. The molecule has 0 aliphatic carbocycles. The smallest absolute Gasteiger partial charge is 0.413 e. The summed E-state index contributed by atoms with van der Waals surface area (Å²) in [5.41, 5.74) is 1.58. The Kier molecular flexibility index (Phi) is 5.52. The fraction of sp³-hybridized carbons (Fsp3) is 0.143. The van der Waals surface area contributed by atoms with Gasteiger partial charge in [0, 0.05) is 5.02 Å². The van der Waals surface area contributed by atoms with Crippen molar-refractivity contribution in [3.8, 4) is 16.4 Å². The molecular weight excluding hydrogens is 424 g/mol. The van der Waals surface area contributed by atoms with E-state index in [1.165, 1.54) is 15.9 Å². The Hall–Kier alpha value is -3.23. The fourth-order valence-corrected chi connectivity index (χ4v) is 4.17. The summed E-state index contributed by atoms with van der Waals surface area (Å²) in [4.78, 5) is 35.0. The third-order valence-electron chi connectivity index (χ3n) is 4.33. The molecule has 0 saturated carbocycles. The Balaban J connectivity index is 1.95. The van der Waals surface area contributed by atoms with Gasteiger partial charge in [-0.3, -0.25) is 14.7 Å². The Morgan fingerprint density at radius 1 is 1.20 bits per heavy atom. The summed E-state index contributed by atoms with van der Waals surface area (Å²) >= 11 is 7.40. The molecule has 1 N–H and O–H groups in total. The van der Waals surface area contributed by atoms with E-state index in [0.717, 1.165) is 0 Å². The van der Waals surface area contributed by atoms with Gasteiger partial charge in [0.1, 0.15) is 0 Å². The van der Waals surface area contributed by atoms with Crippen LogP contribution in [0.5, 0.6) is 0 Å². The molecule has 0 fully saturated rings. The highest BCUT2D eigenvalue weighted by Gasteiger charge is 2.20. The Morgan fingerprint density at radius 3 is 2.77 bits per heavy atom. The molecule has 2 aromatic carbocycles. The van der Waals surface area contributed by atoms with Gasteiger partial charge in [-0.25, -0.2) is 14.8 Å². The highest BCUT2D eigenvalue weighted by Crippen LogP contribution is 2.33. The lowest BCUT2D eigenvalue weighted by Crippen LogP contribution is -2.21. The molecule has 4 aromatic rings. The summed E-state index contributed by atoms with van der Waals surface area (Å²) in [6.45, 7) is 3.77. The maximum atomic E-state index is 13.4. The number of halogens is 1. The molecule has 0 aliphatic rings. The summed E-state index contributed by atoms with van der Waals surface area (Å²) in [7, 11) is 0. The second-order valence-electron chi connectivity index (χ2n) is 6.35. The predicted octanol–water partition coefficient (Wildman–Crippen LogP) is 5.04. The first-order valence-electron chi connectivity index (χ1n) is 9.17. The first-order valence-corrected chi connectivity index (χ1v) is 10.4. The zero-order chi connectivity index (χ0) is 21.3. The summed E-state index contributed by atoms with van der Waals surface area (Å²) in [5.74, 6) is 0.424. The van der Waals surface area contributed by atoms with Gasteiger partial charge in [-0.05, 0) is 44.2 Å². The van der Waals surface area contributed by atoms with Gasteiger partial charge in [0.2, 0.25) is 0 Å². The molecule has 2 heterocycles. The molecule has 4 rings (SSSR count). The van der Waals surface area contributed by atoms with E-state index in [9.17, 15) is 9.59 Å². The molecule has 0 aliphatic heterocycles. The molecule has 30 heavy (non-hydrogen) atoms. The SMILES string of the molecule is CCOC(=O)Nc1nc(C)c(-c2nc3ccccc3c(=O)n2-c2cccc(Cl)c2)s1. The molecule has 0 spiro atoms. The quantitative estimate of drug-likeness (QED) is 0.480. The highest BCUT2D eigenvalue weighted by atomic mass is 35.5. The van der Waals surface area contributed by atoms with Gasteiger partial charge in [-0.2, -0.15) is 0 Å². The van der Waals surface area contributed by atoms with Gasteiger partial charge in [0.25, 0.3) is 5.56 Å². The second kappa shape index (κ2) is 8.25. The number of hydrogen-bond acceptors (Lipinski definition) is 6. The van der Waals surface area contributed by atoms with Gasteiger partial charge >= 0.3 is 6.09 Å². The third kappa shape index (κ3) is 3.79. The predicted molar refractivity (Wildman–Crippen MR) is 119 cm³/mol. The summed E-state index contributed by atoms with van der Waals surface area (Å²) in [5, 5.41) is 3.96. The molecule has 7 nitrogen and oxygen atoms in total. The number of rotatable bonds is 4. The van der Waals surface area contributed by atoms with E-state index >= 15 is 0 Å². The Morgan fingerprint density at radius 2 is 2.00 bits per heavy atom. The van der Waals surface area contributed by atoms with Crippen molar-refractivity contribution in [1.82, 2.24) is 14.5 Å². The van der Waals surface area contributed by atoms with Gasteiger partial charge in [-0.15, -0.1) is 0 Å². The molecule has 0 radical (unpaired) electrons. The number of nitrogens with one attached hydrogen (secondary N) is 1. The minimum atomic E-state index is -0.587. The number of nitrogens with zero attached hydrogens (tertiary/aromatic N) is 3. The van der Waals surface area contributed by atoms with Crippen LogP contribution in [0, 0.1) is 6.92 Å². The standard InChI is InChI=1S/C21H17ClN4O3S/c1-3-29-21(28)25-20-23-12(2)17(30-20)18-24-16-10-5-4-9-15(16)19(27)26(18)14-8-6-7-13(22)11-14/h4-11H,3H2,1-2H3,(H,23,25,28). The number of carbonyl (C=O) groups is 1. The van der Waals surface area contributed by atoms with Crippen molar-refractivity contribution in [2.45, 2.75) is 13.8 Å². The largest absolute Gasteiger partial charge is 0.450 e. The molecule has 0 unspecified atom stereocenters. The first kappa shape index (κ1) is 20.1. The van der Waals surface area contributed by atoms with Crippen LogP contribution in [0.1, 0.15) is 12.6 Å². The van der Waals surface area contributed by atoms with Crippen molar-refractivity contribution in [2.75, 3.05) is 11.9 Å². The minimum Gasteiger partial charge on any atom is -0.450 e. The Bertz CT molecular complexity index is 1320. The molecular formula is C21H17ClN4O3S. The van der Waals surface area contributed by atoms with Gasteiger partial charge < -0.3 is 4.74 Å². The molecule has 2 aromatic heterocycles. The number of benzene rings is 2. The lowest BCUT2D eigenvalue weighted by molar-refractivity contribution is 0.168. The van der Waals surface area contributed by atoms with Crippen LogP contribution in [-0.2, 0) is 4.74 Å². The van der Waals surface area contributed by atoms with Crippen molar-refractivity contribution >= 4 is 45.1 Å². The van der Waals surface area contributed by atoms with Crippen molar-refractivity contribution in [1.29, 1.82) is 0 Å².